The Labute approximate surface area is 153 Å². The summed E-state index contributed by atoms with van der Waals surface area (Å²) in [5.74, 6) is -4.82. The van der Waals surface area contributed by atoms with E-state index in [1.165, 1.54) is 32.1 Å². The van der Waals surface area contributed by atoms with Crippen LogP contribution in [0.15, 0.2) is 12.1 Å². The van der Waals surface area contributed by atoms with E-state index in [1.807, 2.05) is 0 Å². The van der Waals surface area contributed by atoms with Gasteiger partial charge in [0.2, 0.25) is 0 Å². The molecule has 5 heteroatoms. The molecule has 1 aliphatic carbocycles. The minimum atomic E-state index is -1.55. The highest BCUT2D eigenvalue weighted by atomic mass is 19.2. The number of rotatable bonds is 9. The molecule has 1 fully saturated rings. The summed E-state index contributed by atoms with van der Waals surface area (Å²) in [5, 5.41) is 9.74. The Morgan fingerprint density at radius 1 is 1.04 bits per heavy atom. The van der Waals surface area contributed by atoms with Gasteiger partial charge in [0.1, 0.15) is 0 Å². The van der Waals surface area contributed by atoms with Gasteiger partial charge in [-0.05, 0) is 49.3 Å². The van der Waals surface area contributed by atoms with Crippen molar-refractivity contribution in [2.24, 2.45) is 5.92 Å². The number of halogens is 3. The first-order valence-electron chi connectivity index (χ1n) is 9.79. The van der Waals surface area contributed by atoms with Crippen LogP contribution in [0.1, 0.15) is 83.1 Å². The van der Waals surface area contributed by atoms with Gasteiger partial charge in [0, 0.05) is 0 Å². The van der Waals surface area contributed by atoms with Crippen LogP contribution in [0.4, 0.5) is 13.2 Å². The third-order valence-corrected chi connectivity index (χ3v) is 5.87. The molecule has 2 nitrogen and oxygen atoms in total. The molecule has 2 rings (SSSR count). The van der Waals surface area contributed by atoms with Crippen LogP contribution in [0.2, 0.25) is 0 Å². The third-order valence-electron chi connectivity index (χ3n) is 5.87. The molecule has 0 spiro atoms. The maximum absolute atomic E-state index is 13.6. The summed E-state index contributed by atoms with van der Waals surface area (Å²) in [5.41, 5.74) is -1.27. The Hall–Kier alpha value is -1.52. The number of carboxylic acid groups (broad SMARTS) is 1. The summed E-state index contributed by atoms with van der Waals surface area (Å²) in [6.45, 7) is 2.19. The molecule has 0 saturated heterocycles. The average Bonchev–Trinajstić information content (AvgIpc) is 2.62. The van der Waals surface area contributed by atoms with Crippen molar-refractivity contribution >= 4 is 5.97 Å². The smallest absolute Gasteiger partial charge is 0.314 e. The van der Waals surface area contributed by atoms with E-state index >= 15 is 0 Å². The van der Waals surface area contributed by atoms with Crippen molar-refractivity contribution in [3.05, 3.63) is 35.1 Å². The third kappa shape index (κ3) is 4.80. The van der Waals surface area contributed by atoms with E-state index < -0.39 is 28.8 Å². The van der Waals surface area contributed by atoms with Crippen LogP contribution in [0.25, 0.3) is 0 Å². The lowest BCUT2D eigenvalue weighted by molar-refractivity contribution is -0.145. The molecule has 0 aromatic heterocycles. The highest BCUT2D eigenvalue weighted by Crippen LogP contribution is 2.44. The minimum absolute atomic E-state index is 0.0411. The molecule has 0 heterocycles. The van der Waals surface area contributed by atoms with Crippen molar-refractivity contribution in [3.8, 4) is 0 Å². The first-order chi connectivity index (χ1) is 12.4. The normalized spacial score (nSPS) is 23.2. The lowest BCUT2D eigenvalue weighted by Crippen LogP contribution is -2.40. The van der Waals surface area contributed by atoms with E-state index in [1.54, 1.807) is 0 Å². The summed E-state index contributed by atoms with van der Waals surface area (Å²) in [4.78, 5) is 11.9. The molecule has 0 unspecified atom stereocenters. The lowest BCUT2D eigenvalue weighted by atomic mass is 9.66. The van der Waals surface area contributed by atoms with E-state index in [4.69, 9.17) is 0 Å². The second-order valence-electron chi connectivity index (χ2n) is 7.64. The molecule has 0 bridgehead atoms. The number of hydrogen-bond donors (Lipinski definition) is 1. The fraction of sp³-hybridized carbons (Fsp3) is 0.667. The Bertz CT molecular complexity index is 584. The standard InChI is InChI=1S/C21H29F3O2/c1-2-3-4-5-6-7-8-15-9-11-21(12-10-15,20(25)26)16-13-17(22)19(24)18(23)14-16/h13-15H,2-12H2,1H3,(H,25,26). The zero-order chi connectivity index (χ0) is 19.2. The van der Waals surface area contributed by atoms with E-state index in [9.17, 15) is 23.1 Å². The number of carboxylic acids is 1. The van der Waals surface area contributed by atoms with Crippen LogP contribution in [0, 0.1) is 23.4 Å². The van der Waals surface area contributed by atoms with Crippen molar-refractivity contribution in [2.75, 3.05) is 0 Å². The van der Waals surface area contributed by atoms with Gasteiger partial charge in [0.05, 0.1) is 5.41 Å². The first-order valence-corrected chi connectivity index (χ1v) is 9.79. The van der Waals surface area contributed by atoms with Gasteiger partial charge in [-0.1, -0.05) is 51.9 Å². The molecule has 1 aromatic rings. The minimum Gasteiger partial charge on any atom is -0.481 e. The molecule has 0 atom stereocenters. The number of carbonyl (C=O) groups is 1. The molecule has 1 N–H and O–H groups in total. The van der Waals surface area contributed by atoms with E-state index in [-0.39, 0.29) is 5.56 Å². The molecule has 1 aromatic carbocycles. The van der Waals surface area contributed by atoms with Crippen LogP contribution in [0.5, 0.6) is 0 Å². The largest absolute Gasteiger partial charge is 0.481 e. The number of benzene rings is 1. The van der Waals surface area contributed by atoms with E-state index in [2.05, 4.69) is 6.92 Å². The van der Waals surface area contributed by atoms with Gasteiger partial charge in [-0.2, -0.15) is 0 Å². The second kappa shape index (κ2) is 9.43. The van der Waals surface area contributed by atoms with E-state index in [0.29, 0.717) is 18.8 Å². The maximum Gasteiger partial charge on any atom is 0.314 e. The Morgan fingerprint density at radius 2 is 1.58 bits per heavy atom. The predicted molar refractivity (Wildman–Crippen MR) is 95.6 cm³/mol. The van der Waals surface area contributed by atoms with Gasteiger partial charge in [-0.15, -0.1) is 0 Å². The zero-order valence-electron chi connectivity index (χ0n) is 15.5. The topological polar surface area (TPSA) is 37.3 Å². The Balaban J connectivity index is 1.96. The quantitative estimate of drug-likeness (QED) is 0.405. The number of aliphatic carboxylic acids is 1. The summed E-state index contributed by atoms with van der Waals surface area (Å²) in [6, 6.07) is 1.70. The summed E-state index contributed by atoms with van der Waals surface area (Å²) >= 11 is 0. The molecule has 0 amide bonds. The van der Waals surface area contributed by atoms with Crippen LogP contribution in [-0.4, -0.2) is 11.1 Å². The van der Waals surface area contributed by atoms with Gasteiger partial charge in [-0.3, -0.25) is 4.79 Å². The first kappa shape index (κ1) is 20.8. The zero-order valence-corrected chi connectivity index (χ0v) is 15.5. The average molecular weight is 370 g/mol. The van der Waals surface area contributed by atoms with Crippen molar-refractivity contribution in [1.29, 1.82) is 0 Å². The molecule has 0 radical (unpaired) electrons. The maximum atomic E-state index is 13.6. The van der Waals surface area contributed by atoms with Crippen molar-refractivity contribution in [2.45, 2.75) is 83.0 Å². The Kier molecular flexibility index (Phi) is 7.54. The van der Waals surface area contributed by atoms with E-state index in [0.717, 1.165) is 37.8 Å². The Morgan fingerprint density at radius 3 is 2.12 bits per heavy atom. The molecular weight excluding hydrogens is 341 g/mol. The van der Waals surface area contributed by atoms with Crippen LogP contribution < -0.4 is 0 Å². The fourth-order valence-electron chi connectivity index (χ4n) is 4.13. The van der Waals surface area contributed by atoms with Gasteiger partial charge in [0.15, 0.2) is 17.5 Å². The number of unbranched alkanes of at least 4 members (excludes halogenated alkanes) is 5. The molecule has 1 aliphatic rings. The summed E-state index contributed by atoms with van der Waals surface area (Å²) in [6.07, 6.45) is 10.6. The van der Waals surface area contributed by atoms with Gasteiger partial charge >= 0.3 is 5.97 Å². The fourth-order valence-corrected chi connectivity index (χ4v) is 4.13. The van der Waals surface area contributed by atoms with Crippen molar-refractivity contribution < 1.29 is 23.1 Å². The summed E-state index contributed by atoms with van der Waals surface area (Å²) < 4.78 is 40.4. The molecular formula is C21H29F3O2. The molecule has 26 heavy (non-hydrogen) atoms. The van der Waals surface area contributed by atoms with Crippen LogP contribution in [-0.2, 0) is 10.2 Å². The van der Waals surface area contributed by atoms with Crippen molar-refractivity contribution in [1.82, 2.24) is 0 Å². The predicted octanol–water partition coefficient (Wildman–Crippen LogP) is 6.37. The molecule has 146 valence electrons. The van der Waals surface area contributed by atoms with Crippen LogP contribution >= 0.6 is 0 Å². The van der Waals surface area contributed by atoms with Gasteiger partial charge in [0.25, 0.3) is 0 Å². The van der Waals surface area contributed by atoms with Crippen molar-refractivity contribution in [3.63, 3.8) is 0 Å². The van der Waals surface area contributed by atoms with Crippen LogP contribution in [0.3, 0.4) is 0 Å². The van der Waals surface area contributed by atoms with Gasteiger partial charge < -0.3 is 5.11 Å². The number of hydrogen-bond acceptors (Lipinski definition) is 1. The monoisotopic (exact) mass is 370 g/mol. The SMILES string of the molecule is CCCCCCCCC1CCC(C(=O)O)(c2cc(F)c(F)c(F)c2)CC1. The second-order valence-corrected chi connectivity index (χ2v) is 7.64. The highest BCUT2D eigenvalue weighted by Gasteiger charge is 2.44. The highest BCUT2D eigenvalue weighted by molar-refractivity contribution is 5.81. The van der Waals surface area contributed by atoms with Gasteiger partial charge in [-0.25, -0.2) is 13.2 Å². The summed E-state index contributed by atoms with van der Waals surface area (Å²) in [7, 11) is 0. The molecule has 0 aliphatic heterocycles. The molecule has 1 saturated carbocycles. The lowest BCUT2D eigenvalue weighted by Gasteiger charge is -2.37.